The molecular weight excluding hydrogens is 701 g/mol. The number of hydrogen-bond acceptors (Lipinski definition) is 4. The molecular formula is C51H32N4S. The third-order valence-electron chi connectivity index (χ3n) is 10.7. The van der Waals surface area contributed by atoms with Gasteiger partial charge in [0.25, 0.3) is 0 Å². The Bertz CT molecular complexity index is 3180. The lowest BCUT2D eigenvalue weighted by molar-refractivity contribution is 1.06. The molecule has 0 saturated heterocycles. The van der Waals surface area contributed by atoms with Gasteiger partial charge in [-0.25, -0.2) is 15.0 Å². The van der Waals surface area contributed by atoms with Crippen LogP contribution < -0.4 is 0 Å². The molecule has 262 valence electrons. The second-order valence-electron chi connectivity index (χ2n) is 13.9. The topological polar surface area (TPSA) is 43.6 Å². The maximum atomic E-state index is 5.25. The van der Waals surface area contributed by atoms with E-state index in [1.54, 1.807) is 0 Å². The number of fused-ring (bicyclic) bond motifs is 6. The van der Waals surface area contributed by atoms with Crippen LogP contribution in [0, 0.1) is 0 Å². The van der Waals surface area contributed by atoms with Crippen LogP contribution >= 0.6 is 11.3 Å². The summed E-state index contributed by atoms with van der Waals surface area (Å²) >= 11 is 1.86. The molecule has 0 spiro atoms. The molecule has 0 radical (unpaired) electrons. The fourth-order valence-corrected chi connectivity index (χ4v) is 9.36. The summed E-state index contributed by atoms with van der Waals surface area (Å²) in [7, 11) is 0. The molecule has 0 atom stereocenters. The van der Waals surface area contributed by atoms with Crippen molar-refractivity contribution in [2.45, 2.75) is 0 Å². The highest BCUT2D eigenvalue weighted by atomic mass is 32.1. The molecule has 0 amide bonds. The van der Waals surface area contributed by atoms with E-state index in [0.717, 1.165) is 44.5 Å². The van der Waals surface area contributed by atoms with Gasteiger partial charge in [-0.15, -0.1) is 11.3 Å². The van der Waals surface area contributed by atoms with Crippen molar-refractivity contribution < 1.29 is 0 Å². The van der Waals surface area contributed by atoms with E-state index in [1.807, 2.05) is 47.7 Å². The first-order valence-corrected chi connectivity index (χ1v) is 19.6. The van der Waals surface area contributed by atoms with E-state index in [0.29, 0.717) is 17.5 Å². The van der Waals surface area contributed by atoms with Gasteiger partial charge >= 0.3 is 0 Å². The molecule has 0 bridgehead atoms. The van der Waals surface area contributed by atoms with Gasteiger partial charge < -0.3 is 4.57 Å². The number of hydrogen-bond donors (Lipinski definition) is 0. The van der Waals surface area contributed by atoms with Crippen LogP contribution in [-0.2, 0) is 0 Å². The van der Waals surface area contributed by atoms with Crippen molar-refractivity contribution in [1.82, 2.24) is 19.5 Å². The fraction of sp³-hybridized carbons (Fsp3) is 0. The maximum absolute atomic E-state index is 5.25. The lowest BCUT2D eigenvalue weighted by atomic mass is 9.95. The third kappa shape index (κ3) is 5.24. The highest BCUT2D eigenvalue weighted by Gasteiger charge is 2.24. The number of aromatic nitrogens is 4. The molecule has 0 unspecified atom stereocenters. The van der Waals surface area contributed by atoms with E-state index in [2.05, 4.69) is 162 Å². The van der Waals surface area contributed by atoms with E-state index >= 15 is 0 Å². The van der Waals surface area contributed by atoms with E-state index in [1.165, 1.54) is 42.1 Å². The van der Waals surface area contributed by atoms with Gasteiger partial charge in [0.15, 0.2) is 17.5 Å². The summed E-state index contributed by atoms with van der Waals surface area (Å²) in [5.41, 5.74) is 10.7. The van der Waals surface area contributed by atoms with Gasteiger partial charge in [-0.2, -0.15) is 0 Å². The molecule has 3 aromatic heterocycles. The molecule has 0 aliphatic carbocycles. The van der Waals surface area contributed by atoms with Crippen LogP contribution in [0.1, 0.15) is 0 Å². The average Bonchev–Trinajstić information content (AvgIpc) is 3.83. The molecule has 8 aromatic carbocycles. The van der Waals surface area contributed by atoms with Crippen LogP contribution in [0.2, 0.25) is 0 Å². The summed E-state index contributed by atoms with van der Waals surface area (Å²) in [5.74, 6) is 1.87. The third-order valence-corrected chi connectivity index (χ3v) is 11.8. The van der Waals surface area contributed by atoms with Crippen molar-refractivity contribution in [3.05, 3.63) is 194 Å². The van der Waals surface area contributed by atoms with Crippen LogP contribution in [-0.4, -0.2) is 19.5 Å². The number of nitrogens with zero attached hydrogens (tertiary/aromatic N) is 4. The predicted molar refractivity (Wildman–Crippen MR) is 234 cm³/mol. The minimum atomic E-state index is 0.613. The summed E-state index contributed by atoms with van der Waals surface area (Å²) in [5, 5.41) is 4.99. The first-order valence-electron chi connectivity index (χ1n) is 18.8. The van der Waals surface area contributed by atoms with Gasteiger partial charge in [0.1, 0.15) is 0 Å². The summed E-state index contributed by atoms with van der Waals surface area (Å²) in [6, 6.07) is 68.5. The average molecular weight is 733 g/mol. The fourth-order valence-electron chi connectivity index (χ4n) is 8.23. The van der Waals surface area contributed by atoms with Gasteiger partial charge in [-0.05, 0) is 47.0 Å². The number of para-hydroxylation sites is 2. The Hall–Kier alpha value is -7.21. The maximum Gasteiger partial charge on any atom is 0.166 e. The largest absolute Gasteiger partial charge is 0.308 e. The van der Waals surface area contributed by atoms with Crippen molar-refractivity contribution in [3.63, 3.8) is 0 Å². The number of thiophene rings is 1. The van der Waals surface area contributed by atoms with E-state index < -0.39 is 0 Å². The normalized spacial score (nSPS) is 11.6. The van der Waals surface area contributed by atoms with Gasteiger partial charge in [-0.3, -0.25) is 0 Å². The molecule has 56 heavy (non-hydrogen) atoms. The molecule has 0 aliphatic heterocycles. The highest BCUT2D eigenvalue weighted by molar-refractivity contribution is 7.25. The molecule has 3 heterocycles. The molecule has 0 saturated carbocycles. The minimum absolute atomic E-state index is 0.613. The van der Waals surface area contributed by atoms with Crippen molar-refractivity contribution >= 4 is 53.3 Å². The Morgan fingerprint density at radius 1 is 0.321 bits per heavy atom. The molecule has 0 fully saturated rings. The van der Waals surface area contributed by atoms with Gasteiger partial charge in [0.05, 0.1) is 16.7 Å². The molecule has 5 heteroatoms. The highest BCUT2D eigenvalue weighted by Crippen LogP contribution is 2.46. The van der Waals surface area contributed by atoms with Gasteiger partial charge in [0.2, 0.25) is 0 Å². The summed E-state index contributed by atoms with van der Waals surface area (Å²) in [6.45, 7) is 0. The lowest BCUT2D eigenvalue weighted by Gasteiger charge is -2.19. The van der Waals surface area contributed by atoms with Crippen LogP contribution in [0.4, 0.5) is 0 Å². The molecule has 11 rings (SSSR count). The zero-order valence-electron chi connectivity index (χ0n) is 30.2. The van der Waals surface area contributed by atoms with Crippen LogP contribution in [0.15, 0.2) is 194 Å². The Kier molecular flexibility index (Phi) is 7.64. The Labute approximate surface area is 327 Å². The van der Waals surface area contributed by atoms with Crippen LogP contribution in [0.5, 0.6) is 0 Å². The second kappa shape index (κ2) is 13.3. The SMILES string of the molecule is c1ccc(-c2nc(-c3ccccc3)nc(-c3cccc(-c4ccccc4)c3-n3c4ccccc4c4c(-c5cccc6sc7ccccc7c56)cccc43)n2)cc1. The Morgan fingerprint density at radius 2 is 0.804 bits per heavy atom. The zero-order valence-corrected chi connectivity index (χ0v) is 31.0. The van der Waals surface area contributed by atoms with Crippen molar-refractivity contribution in [2.75, 3.05) is 0 Å². The number of rotatable bonds is 6. The minimum Gasteiger partial charge on any atom is -0.308 e. The van der Waals surface area contributed by atoms with E-state index in [4.69, 9.17) is 15.0 Å². The zero-order chi connectivity index (χ0) is 37.0. The monoisotopic (exact) mass is 732 g/mol. The molecule has 11 aromatic rings. The Morgan fingerprint density at radius 3 is 1.52 bits per heavy atom. The first-order chi connectivity index (χ1) is 27.8. The van der Waals surface area contributed by atoms with Crippen LogP contribution in [0.3, 0.4) is 0 Å². The lowest BCUT2D eigenvalue weighted by Crippen LogP contribution is -2.05. The van der Waals surface area contributed by atoms with Crippen molar-refractivity contribution in [3.8, 4) is 62.1 Å². The summed E-state index contributed by atoms with van der Waals surface area (Å²) < 4.78 is 5.03. The first kappa shape index (κ1) is 32.2. The summed E-state index contributed by atoms with van der Waals surface area (Å²) in [4.78, 5) is 15.5. The Balaban J connectivity index is 1.25. The van der Waals surface area contributed by atoms with Crippen molar-refractivity contribution in [2.24, 2.45) is 0 Å². The number of benzene rings is 8. The molecule has 4 nitrogen and oxygen atoms in total. The molecule has 0 aliphatic rings. The quantitative estimate of drug-likeness (QED) is 0.171. The predicted octanol–water partition coefficient (Wildman–Crippen LogP) is 13.7. The standard InChI is InChI=1S/C51H32N4S/c1-4-17-33(18-5-1)36-25-14-28-41(51-53-49(34-19-6-2-7-20-34)52-50(54-51)35-21-8-3-9-22-35)48(36)55-42-29-12-10-23-39(42)46-37(26-15-30-43(46)55)38-27-16-32-45-47(38)40-24-11-13-31-44(40)56-45/h1-32H. The van der Waals surface area contributed by atoms with Crippen LogP contribution in [0.25, 0.3) is 104 Å². The summed E-state index contributed by atoms with van der Waals surface area (Å²) in [6.07, 6.45) is 0. The van der Waals surface area contributed by atoms with Gasteiger partial charge in [0, 0.05) is 53.2 Å². The second-order valence-corrected chi connectivity index (χ2v) is 15.0. The van der Waals surface area contributed by atoms with E-state index in [-0.39, 0.29) is 0 Å². The van der Waals surface area contributed by atoms with E-state index in [9.17, 15) is 0 Å². The smallest absolute Gasteiger partial charge is 0.166 e. The molecule has 0 N–H and O–H groups in total. The van der Waals surface area contributed by atoms with Crippen molar-refractivity contribution in [1.29, 1.82) is 0 Å². The van der Waals surface area contributed by atoms with Gasteiger partial charge in [-0.1, -0.05) is 164 Å².